The van der Waals surface area contributed by atoms with Crippen molar-refractivity contribution in [3.05, 3.63) is 84.0 Å². The van der Waals surface area contributed by atoms with Crippen molar-refractivity contribution in [3.63, 3.8) is 0 Å². The van der Waals surface area contributed by atoms with E-state index in [9.17, 15) is 0 Å². The van der Waals surface area contributed by atoms with Crippen LogP contribution in [0.4, 0.5) is 11.4 Å². The number of nitrogens with zero attached hydrogens (tertiary/aromatic N) is 2. The Labute approximate surface area is 189 Å². The van der Waals surface area contributed by atoms with E-state index in [4.69, 9.17) is 9.98 Å². The maximum Gasteiger partial charge on any atom is 0.0665 e. The molecule has 2 aromatic carbocycles. The minimum atomic E-state index is 0.954. The van der Waals surface area contributed by atoms with Crippen molar-refractivity contribution in [2.24, 2.45) is 9.98 Å². The summed E-state index contributed by atoms with van der Waals surface area (Å²) in [6, 6.07) is 17.0. The summed E-state index contributed by atoms with van der Waals surface area (Å²) in [5, 5.41) is 0. The van der Waals surface area contributed by atoms with E-state index in [0.29, 0.717) is 0 Å². The highest BCUT2D eigenvalue weighted by atomic mass is 14.8. The van der Waals surface area contributed by atoms with Gasteiger partial charge in [0.05, 0.1) is 22.8 Å². The zero-order valence-corrected chi connectivity index (χ0v) is 19.8. The molecule has 0 amide bonds. The lowest BCUT2D eigenvalue weighted by atomic mass is 10.0. The molecule has 0 aliphatic heterocycles. The zero-order chi connectivity index (χ0) is 22.3. The third-order valence-corrected chi connectivity index (χ3v) is 5.34. The van der Waals surface area contributed by atoms with Crippen LogP contribution >= 0.6 is 0 Å². The van der Waals surface area contributed by atoms with E-state index < -0.39 is 0 Å². The lowest BCUT2D eigenvalue weighted by Crippen LogP contribution is -2.10. The van der Waals surface area contributed by atoms with Gasteiger partial charge < -0.3 is 0 Å². The molecule has 0 atom stereocenters. The molecular weight excluding hydrogens is 376 g/mol. The molecule has 0 saturated carbocycles. The number of allylic oxidation sites excluding steroid dienone is 4. The third-order valence-electron chi connectivity index (χ3n) is 5.34. The number of benzene rings is 2. The van der Waals surface area contributed by atoms with Gasteiger partial charge in [-0.1, -0.05) is 74.0 Å². The van der Waals surface area contributed by atoms with E-state index in [1.54, 1.807) is 0 Å². The normalized spacial score (nSPS) is 12.9. The standard InChI is InChI=1S/C29H38N2/c1-5-8-11-17-25-19-13-15-22-28(25)30-24(4)27(21-10-7-3)31-29-23-16-14-20-26(29)18-12-9-6-2/h5-6,8-9,13-16,19-20,22-23H,7,10-12,17-18,21H2,1-4H3. The summed E-state index contributed by atoms with van der Waals surface area (Å²) in [5.41, 5.74) is 6.86. The number of hydrogen-bond donors (Lipinski definition) is 0. The first kappa shape index (κ1) is 24.5. The first-order valence-corrected chi connectivity index (χ1v) is 11.7. The second kappa shape index (κ2) is 14.3. The van der Waals surface area contributed by atoms with E-state index in [2.05, 4.69) is 101 Å². The van der Waals surface area contributed by atoms with Crippen LogP contribution < -0.4 is 0 Å². The molecule has 0 radical (unpaired) electrons. The average molecular weight is 415 g/mol. The van der Waals surface area contributed by atoms with Gasteiger partial charge in [-0.3, -0.25) is 9.98 Å². The van der Waals surface area contributed by atoms with E-state index >= 15 is 0 Å². The largest absolute Gasteiger partial charge is 0.252 e. The second-order valence-corrected chi connectivity index (χ2v) is 7.83. The number of hydrogen-bond acceptors (Lipinski definition) is 2. The number of aryl methyl sites for hydroxylation is 2. The predicted molar refractivity (Wildman–Crippen MR) is 139 cm³/mol. The highest BCUT2D eigenvalue weighted by Crippen LogP contribution is 2.24. The Hall–Kier alpha value is -2.74. The molecule has 0 heterocycles. The quantitative estimate of drug-likeness (QED) is 0.245. The molecule has 2 nitrogen and oxygen atoms in total. The van der Waals surface area contributed by atoms with Gasteiger partial charge in [0.25, 0.3) is 0 Å². The first-order valence-electron chi connectivity index (χ1n) is 11.7. The fourth-order valence-corrected chi connectivity index (χ4v) is 3.53. The Balaban J connectivity index is 2.37. The summed E-state index contributed by atoms with van der Waals surface area (Å²) in [6.07, 6.45) is 16.0. The number of para-hydroxylation sites is 2. The van der Waals surface area contributed by atoms with Crippen LogP contribution in [0.1, 0.15) is 70.9 Å². The van der Waals surface area contributed by atoms with Gasteiger partial charge in [0, 0.05) is 0 Å². The van der Waals surface area contributed by atoms with Crippen LogP contribution in [-0.4, -0.2) is 11.4 Å². The summed E-state index contributed by atoms with van der Waals surface area (Å²) in [4.78, 5) is 10.2. The van der Waals surface area contributed by atoms with Gasteiger partial charge in [0.15, 0.2) is 0 Å². The van der Waals surface area contributed by atoms with Crippen LogP contribution in [0.3, 0.4) is 0 Å². The maximum absolute atomic E-state index is 5.13. The monoisotopic (exact) mass is 414 g/mol. The second-order valence-electron chi connectivity index (χ2n) is 7.83. The number of rotatable bonds is 12. The fourth-order valence-electron chi connectivity index (χ4n) is 3.53. The third kappa shape index (κ3) is 8.49. The Bertz CT molecular complexity index is 916. The molecule has 0 bridgehead atoms. The zero-order valence-electron chi connectivity index (χ0n) is 19.8. The summed E-state index contributed by atoms with van der Waals surface area (Å²) < 4.78 is 0. The molecule has 31 heavy (non-hydrogen) atoms. The highest BCUT2D eigenvalue weighted by molar-refractivity contribution is 6.42. The van der Waals surface area contributed by atoms with Gasteiger partial charge in [-0.25, -0.2) is 0 Å². The Morgan fingerprint density at radius 1 is 0.774 bits per heavy atom. The van der Waals surface area contributed by atoms with Crippen molar-refractivity contribution in [3.8, 4) is 0 Å². The van der Waals surface area contributed by atoms with Crippen LogP contribution in [0, 0.1) is 0 Å². The molecule has 164 valence electrons. The van der Waals surface area contributed by atoms with E-state index in [-0.39, 0.29) is 0 Å². The molecule has 2 rings (SSSR count). The molecule has 0 saturated heterocycles. The van der Waals surface area contributed by atoms with Gasteiger partial charge in [-0.2, -0.15) is 0 Å². The van der Waals surface area contributed by atoms with Crippen molar-refractivity contribution >= 4 is 22.8 Å². The Morgan fingerprint density at radius 2 is 1.29 bits per heavy atom. The van der Waals surface area contributed by atoms with Crippen LogP contribution in [0.15, 0.2) is 82.8 Å². The first-order chi connectivity index (χ1) is 15.2. The lowest BCUT2D eigenvalue weighted by Gasteiger charge is -2.11. The molecule has 0 aliphatic carbocycles. The van der Waals surface area contributed by atoms with Crippen LogP contribution in [0.25, 0.3) is 0 Å². The van der Waals surface area contributed by atoms with Gasteiger partial charge in [0.1, 0.15) is 0 Å². The molecule has 0 unspecified atom stereocenters. The van der Waals surface area contributed by atoms with E-state index in [0.717, 1.165) is 67.7 Å². The number of unbranched alkanes of at least 4 members (excludes halogenated alkanes) is 1. The van der Waals surface area contributed by atoms with Crippen LogP contribution in [0.5, 0.6) is 0 Å². The summed E-state index contributed by atoms with van der Waals surface area (Å²) in [7, 11) is 0. The van der Waals surface area contributed by atoms with Gasteiger partial charge in [0.2, 0.25) is 0 Å². The topological polar surface area (TPSA) is 24.7 Å². The molecule has 0 N–H and O–H groups in total. The Kier molecular flexibility index (Phi) is 11.3. The minimum absolute atomic E-state index is 0.954. The van der Waals surface area contributed by atoms with Crippen molar-refractivity contribution in [1.29, 1.82) is 0 Å². The minimum Gasteiger partial charge on any atom is -0.252 e. The number of aliphatic imine (C=N–C) groups is 2. The SMILES string of the molecule is CC=CCCc1ccccc1N=C(C)C(CCCC)=Nc1ccccc1CCC=CC. The summed E-state index contributed by atoms with van der Waals surface area (Å²) in [6.45, 7) is 8.48. The molecule has 0 aliphatic rings. The Morgan fingerprint density at radius 3 is 1.81 bits per heavy atom. The van der Waals surface area contributed by atoms with Crippen molar-refractivity contribution < 1.29 is 0 Å². The molecule has 0 aromatic heterocycles. The molecular formula is C29H38N2. The molecule has 0 spiro atoms. The maximum atomic E-state index is 5.13. The predicted octanol–water partition coefficient (Wildman–Crippen LogP) is 8.76. The van der Waals surface area contributed by atoms with Crippen LogP contribution in [-0.2, 0) is 12.8 Å². The fraction of sp³-hybridized carbons (Fsp3) is 0.379. The molecule has 2 heteroatoms. The van der Waals surface area contributed by atoms with Crippen molar-refractivity contribution in [1.82, 2.24) is 0 Å². The highest BCUT2D eigenvalue weighted by Gasteiger charge is 2.09. The smallest absolute Gasteiger partial charge is 0.0665 e. The summed E-state index contributed by atoms with van der Waals surface area (Å²) >= 11 is 0. The van der Waals surface area contributed by atoms with Crippen LogP contribution in [0.2, 0.25) is 0 Å². The van der Waals surface area contributed by atoms with Gasteiger partial charge in [-0.05, 0) is 82.6 Å². The van der Waals surface area contributed by atoms with Gasteiger partial charge >= 0.3 is 0 Å². The lowest BCUT2D eigenvalue weighted by molar-refractivity contribution is 0.838. The van der Waals surface area contributed by atoms with Crippen molar-refractivity contribution in [2.75, 3.05) is 0 Å². The van der Waals surface area contributed by atoms with Gasteiger partial charge in [-0.15, -0.1) is 0 Å². The summed E-state index contributed by atoms with van der Waals surface area (Å²) in [5.74, 6) is 0. The van der Waals surface area contributed by atoms with E-state index in [1.807, 2.05) is 0 Å². The van der Waals surface area contributed by atoms with Crippen molar-refractivity contribution in [2.45, 2.75) is 72.6 Å². The average Bonchev–Trinajstić information content (AvgIpc) is 2.79. The molecule has 2 aromatic rings. The van der Waals surface area contributed by atoms with E-state index in [1.165, 1.54) is 11.1 Å². The molecule has 0 fully saturated rings.